The second-order valence-electron chi connectivity index (χ2n) is 10.2. The Morgan fingerprint density at radius 3 is 2.37 bits per heavy atom. The van der Waals surface area contributed by atoms with Gasteiger partial charge in [0.25, 0.3) is 17.9 Å². The van der Waals surface area contributed by atoms with Gasteiger partial charge in [0.05, 0.1) is 21.5 Å². The van der Waals surface area contributed by atoms with E-state index in [9.17, 15) is 30.3 Å². The SMILES string of the molecule is CC(C)(C)OC(=O)c1cccc(OC2N=C(Cc3ccccc3)C([N+](=O)[O-])=C(Oc3ccc(C#N)c([N+](=O)[O-])c3)N2N)c1. The zero-order chi connectivity index (χ0) is 31.3. The normalized spacial score (nSPS) is 14.8. The maximum Gasteiger partial charge on any atom is 0.352 e. The van der Waals surface area contributed by atoms with Crippen molar-refractivity contribution in [2.45, 2.75) is 39.1 Å². The van der Waals surface area contributed by atoms with E-state index in [4.69, 9.17) is 20.1 Å². The molecule has 3 aromatic rings. The van der Waals surface area contributed by atoms with Gasteiger partial charge in [-0.05, 0) is 56.7 Å². The molecule has 220 valence electrons. The van der Waals surface area contributed by atoms with Crippen LogP contribution in [0.5, 0.6) is 11.5 Å². The molecule has 1 unspecified atom stereocenters. The second kappa shape index (κ2) is 12.4. The van der Waals surface area contributed by atoms with Gasteiger partial charge in [0.2, 0.25) is 0 Å². The largest absolute Gasteiger partial charge is 0.456 e. The number of carbonyl (C=O) groups is 1. The number of hydrogen-bond acceptors (Lipinski definition) is 12. The number of carbonyl (C=O) groups excluding carboxylic acids is 1. The van der Waals surface area contributed by atoms with Crippen LogP contribution < -0.4 is 15.3 Å². The minimum absolute atomic E-state index is 0.0107. The Hall–Kier alpha value is -5.81. The number of nitriles is 1. The van der Waals surface area contributed by atoms with Crippen molar-refractivity contribution in [3.8, 4) is 17.6 Å². The molecule has 0 aromatic heterocycles. The Balaban J connectivity index is 1.76. The van der Waals surface area contributed by atoms with Gasteiger partial charge in [0, 0.05) is 6.42 Å². The Labute approximate surface area is 245 Å². The van der Waals surface area contributed by atoms with Gasteiger partial charge >= 0.3 is 11.7 Å². The summed E-state index contributed by atoms with van der Waals surface area (Å²) in [6, 6.07) is 19.9. The number of rotatable bonds is 9. The molecule has 0 amide bonds. The van der Waals surface area contributed by atoms with E-state index < -0.39 is 45.0 Å². The Morgan fingerprint density at radius 2 is 1.74 bits per heavy atom. The Kier molecular flexibility index (Phi) is 8.68. The van der Waals surface area contributed by atoms with Crippen molar-refractivity contribution in [1.29, 1.82) is 5.26 Å². The lowest BCUT2D eigenvalue weighted by molar-refractivity contribution is -0.420. The van der Waals surface area contributed by atoms with E-state index in [0.717, 1.165) is 17.1 Å². The molecule has 4 rings (SSSR count). The molecule has 0 saturated heterocycles. The standard InChI is InChI=1S/C29H26N6O8/c1-29(2,3)43-27(36)19-10-7-11-21(15-19)42-28-32-23(14-18-8-5-4-6-9-18)25(35(39)40)26(33(28)31)41-22-13-12-20(17-30)24(16-22)34(37)38/h4-13,15-16,28H,14,31H2,1-3H3. The van der Waals surface area contributed by atoms with E-state index in [1.807, 2.05) is 0 Å². The number of hydrazine groups is 1. The minimum atomic E-state index is -1.42. The average molecular weight is 587 g/mol. The average Bonchev–Trinajstić information content (AvgIpc) is 2.95. The van der Waals surface area contributed by atoms with Gasteiger partial charge in [-0.3, -0.25) is 20.2 Å². The van der Waals surface area contributed by atoms with Crippen LogP contribution in [0.3, 0.4) is 0 Å². The van der Waals surface area contributed by atoms with Gasteiger partial charge in [0.15, 0.2) is 0 Å². The zero-order valence-corrected chi connectivity index (χ0v) is 23.3. The number of nitro benzene ring substituents is 1. The predicted molar refractivity (Wildman–Crippen MR) is 152 cm³/mol. The molecule has 1 atom stereocenters. The molecule has 3 aromatic carbocycles. The van der Waals surface area contributed by atoms with Gasteiger partial charge in [-0.15, -0.1) is 0 Å². The zero-order valence-electron chi connectivity index (χ0n) is 23.3. The van der Waals surface area contributed by atoms with Gasteiger partial charge in [0.1, 0.15) is 34.4 Å². The molecule has 43 heavy (non-hydrogen) atoms. The first-order valence-corrected chi connectivity index (χ1v) is 12.8. The van der Waals surface area contributed by atoms with Gasteiger partial charge in [-0.2, -0.15) is 5.26 Å². The van der Waals surface area contributed by atoms with E-state index in [0.29, 0.717) is 5.56 Å². The Morgan fingerprint density at radius 1 is 1.02 bits per heavy atom. The molecule has 1 heterocycles. The third-order valence-corrected chi connectivity index (χ3v) is 5.82. The summed E-state index contributed by atoms with van der Waals surface area (Å²) in [6.07, 6.45) is -1.43. The van der Waals surface area contributed by atoms with Gasteiger partial charge in [-0.25, -0.2) is 20.6 Å². The number of nitro groups is 2. The Bertz CT molecular complexity index is 1670. The topological polar surface area (TPSA) is 196 Å². The van der Waals surface area contributed by atoms with E-state index >= 15 is 0 Å². The van der Waals surface area contributed by atoms with Crippen LogP contribution in [0, 0.1) is 31.6 Å². The lowest BCUT2D eigenvalue weighted by atomic mass is 10.1. The number of nitrogens with zero attached hydrogens (tertiary/aromatic N) is 5. The van der Waals surface area contributed by atoms with Crippen LogP contribution in [0.25, 0.3) is 0 Å². The third-order valence-electron chi connectivity index (χ3n) is 5.82. The van der Waals surface area contributed by atoms with Crippen LogP contribution in [0.1, 0.15) is 42.3 Å². The van der Waals surface area contributed by atoms with Crippen LogP contribution in [0.15, 0.2) is 89.4 Å². The second-order valence-corrected chi connectivity index (χ2v) is 10.2. The maximum absolute atomic E-state index is 12.6. The number of esters is 1. The van der Waals surface area contributed by atoms with Crippen LogP contribution in [-0.4, -0.2) is 38.5 Å². The van der Waals surface area contributed by atoms with E-state index in [1.54, 1.807) is 63.2 Å². The number of hydrogen-bond donors (Lipinski definition) is 1. The summed E-state index contributed by atoms with van der Waals surface area (Å²) in [5.74, 6) is 5.11. The molecule has 0 spiro atoms. The van der Waals surface area contributed by atoms with E-state index in [-0.39, 0.29) is 34.8 Å². The highest BCUT2D eigenvalue weighted by atomic mass is 16.6. The minimum Gasteiger partial charge on any atom is -0.456 e. The van der Waals surface area contributed by atoms with E-state index in [2.05, 4.69) is 4.99 Å². The molecule has 14 heteroatoms. The third kappa shape index (κ3) is 7.29. The summed E-state index contributed by atoms with van der Waals surface area (Å²) in [5, 5.41) is 33.8. The summed E-state index contributed by atoms with van der Waals surface area (Å²) in [7, 11) is 0. The fourth-order valence-corrected chi connectivity index (χ4v) is 3.98. The molecule has 0 fully saturated rings. The highest BCUT2D eigenvalue weighted by Gasteiger charge is 2.40. The fourth-order valence-electron chi connectivity index (χ4n) is 3.98. The lowest BCUT2D eigenvalue weighted by Crippen LogP contribution is -2.49. The first-order chi connectivity index (χ1) is 20.4. The summed E-state index contributed by atoms with van der Waals surface area (Å²) in [6.45, 7) is 5.18. The molecule has 0 bridgehead atoms. The molecule has 14 nitrogen and oxygen atoms in total. The van der Waals surface area contributed by atoms with Crippen molar-refractivity contribution < 1.29 is 28.9 Å². The summed E-state index contributed by atoms with van der Waals surface area (Å²) < 4.78 is 17.2. The van der Waals surface area contributed by atoms with Crippen LogP contribution in [-0.2, 0) is 11.2 Å². The summed E-state index contributed by atoms with van der Waals surface area (Å²) in [4.78, 5) is 39.3. The van der Waals surface area contributed by atoms with Crippen molar-refractivity contribution in [3.63, 3.8) is 0 Å². The van der Waals surface area contributed by atoms with Crippen LogP contribution in [0.4, 0.5) is 5.69 Å². The molecule has 0 aliphatic carbocycles. The van der Waals surface area contributed by atoms with Crippen molar-refractivity contribution in [2.24, 2.45) is 10.8 Å². The van der Waals surface area contributed by atoms with Crippen molar-refractivity contribution in [1.82, 2.24) is 5.01 Å². The predicted octanol–water partition coefficient (Wildman–Crippen LogP) is 4.48. The summed E-state index contributed by atoms with van der Waals surface area (Å²) in [5.41, 5.74) is -1.31. The smallest absolute Gasteiger partial charge is 0.352 e. The van der Waals surface area contributed by atoms with Crippen LogP contribution in [0.2, 0.25) is 0 Å². The number of benzene rings is 3. The number of allylic oxidation sites excluding steroid dienone is 1. The van der Waals surface area contributed by atoms with Crippen molar-refractivity contribution >= 4 is 17.4 Å². The highest BCUT2D eigenvalue weighted by molar-refractivity contribution is 6.00. The molecule has 1 aliphatic rings. The summed E-state index contributed by atoms with van der Waals surface area (Å²) >= 11 is 0. The first kappa shape index (κ1) is 30.2. The van der Waals surface area contributed by atoms with Gasteiger partial charge in [-0.1, -0.05) is 36.4 Å². The molecular weight excluding hydrogens is 560 g/mol. The van der Waals surface area contributed by atoms with Crippen molar-refractivity contribution in [3.05, 3.63) is 121 Å². The quantitative estimate of drug-likeness (QED) is 0.160. The lowest BCUT2D eigenvalue weighted by Gasteiger charge is -2.31. The molecule has 1 aliphatic heterocycles. The van der Waals surface area contributed by atoms with E-state index in [1.165, 1.54) is 24.3 Å². The van der Waals surface area contributed by atoms with Crippen LogP contribution >= 0.6 is 0 Å². The first-order valence-electron chi connectivity index (χ1n) is 12.8. The highest BCUT2D eigenvalue weighted by Crippen LogP contribution is 2.30. The van der Waals surface area contributed by atoms with Crippen molar-refractivity contribution in [2.75, 3.05) is 0 Å². The molecule has 0 saturated carbocycles. The molecular formula is C29H26N6O8. The molecule has 2 N–H and O–H groups in total. The monoisotopic (exact) mass is 586 g/mol. The molecule has 0 radical (unpaired) electrons. The maximum atomic E-state index is 12.6. The number of aliphatic imine (C=N–C) groups is 1. The van der Waals surface area contributed by atoms with Gasteiger partial charge < -0.3 is 14.2 Å². The number of ether oxygens (including phenoxy) is 3. The number of nitrogens with two attached hydrogens (primary N) is 1. The fraction of sp³-hybridized carbons (Fsp3) is 0.207.